The van der Waals surface area contributed by atoms with Gasteiger partial charge in [-0.3, -0.25) is 9.59 Å². The van der Waals surface area contributed by atoms with E-state index in [1.165, 1.54) is 23.6 Å². The van der Waals surface area contributed by atoms with E-state index in [-0.39, 0.29) is 11.3 Å². The van der Waals surface area contributed by atoms with Crippen LogP contribution in [0, 0.1) is 0 Å². The molecule has 3 rings (SSSR count). The van der Waals surface area contributed by atoms with Gasteiger partial charge in [-0.1, -0.05) is 18.2 Å². The third-order valence-corrected chi connectivity index (χ3v) is 6.13. The van der Waals surface area contributed by atoms with Gasteiger partial charge >= 0.3 is 5.97 Å². The number of thioether (sulfide) groups is 1. The van der Waals surface area contributed by atoms with Gasteiger partial charge in [-0.05, 0) is 32.4 Å². The lowest BCUT2D eigenvalue weighted by atomic mass is 10.00. The van der Waals surface area contributed by atoms with Crippen molar-refractivity contribution in [3.63, 3.8) is 0 Å². The van der Waals surface area contributed by atoms with Crippen LogP contribution in [0.1, 0.15) is 42.1 Å². The number of carboxylic acids is 1. The minimum Gasteiger partial charge on any atom is -0.480 e. The lowest BCUT2D eigenvalue weighted by molar-refractivity contribution is -0.145. The van der Waals surface area contributed by atoms with Gasteiger partial charge in [0.1, 0.15) is 11.4 Å². The number of carboxylic acid groups (broad SMARTS) is 1. The van der Waals surface area contributed by atoms with Gasteiger partial charge in [-0.2, -0.15) is 0 Å². The van der Waals surface area contributed by atoms with Crippen LogP contribution in [0.25, 0.3) is 0 Å². The second-order valence-corrected chi connectivity index (χ2v) is 8.58. The number of nitrogens with zero attached hydrogens (tertiary/aromatic N) is 1. The van der Waals surface area contributed by atoms with E-state index in [1.807, 2.05) is 26.0 Å². The third-order valence-electron chi connectivity index (χ3n) is 4.59. The van der Waals surface area contributed by atoms with Gasteiger partial charge in [0, 0.05) is 10.3 Å². The van der Waals surface area contributed by atoms with Crippen molar-refractivity contribution in [1.29, 1.82) is 0 Å². The van der Waals surface area contributed by atoms with Crippen LogP contribution in [-0.2, 0) is 9.59 Å². The molecular weight excluding hydrogens is 344 g/mol. The Morgan fingerprint density at radius 2 is 1.96 bits per heavy atom. The highest BCUT2D eigenvalue weighted by atomic mass is 32.2. The molecule has 1 aromatic carbocycles. The van der Waals surface area contributed by atoms with Gasteiger partial charge in [-0.15, -0.1) is 11.8 Å². The van der Waals surface area contributed by atoms with E-state index in [4.69, 9.17) is 0 Å². The van der Waals surface area contributed by atoms with Crippen LogP contribution in [0.4, 0.5) is 0 Å². The Balaban J connectivity index is 1.93. The van der Waals surface area contributed by atoms with Crippen molar-refractivity contribution in [2.45, 2.75) is 49.1 Å². The van der Waals surface area contributed by atoms with E-state index in [0.29, 0.717) is 5.56 Å². The molecule has 2 amide bonds. The normalized spacial score (nSPS) is 25.9. The Morgan fingerprint density at radius 1 is 1.32 bits per heavy atom. The number of nitrogens with one attached hydrogen (secondary N) is 1. The SMILES string of the molecule is C[C@@H](O)[C@@H](NC(=O)[C@@H]1N2C(=O)c3ccccc3[C@H]2SC1(C)C)C(=O)O. The average Bonchev–Trinajstić information content (AvgIpc) is 2.95. The predicted octanol–water partition coefficient (Wildman–Crippen LogP) is 0.985. The summed E-state index contributed by atoms with van der Waals surface area (Å²) in [4.78, 5) is 38.4. The number of carbonyl (C=O) groups is 3. The number of hydrogen-bond acceptors (Lipinski definition) is 5. The van der Waals surface area contributed by atoms with Gasteiger partial charge in [0.2, 0.25) is 5.91 Å². The highest BCUT2D eigenvalue weighted by Crippen LogP contribution is 2.56. The first-order valence-electron chi connectivity index (χ1n) is 7.96. The zero-order valence-corrected chi connectivity index (χ0v) is 14.9. The van der Waals surface area contributed by atoms with Crippen LogP contribution in [-0.4, -0.2) is 55.8 Å². The fraction of sp³-hybridized carbons (Fsp3) is 0.471. The van der Waals surface area contributed by atoms with Crippen LogP contribution in [0.5, 0.6) is 0 Å². The van der Waals surface area contributed by atoms with Gasteiger partial charge in [0.05, 0.1) is 6.10 Å². The van der Waals surface area contributed by atoms with Crippen LogP contribution >= 0.6 is 11.8 Å². The summed E-state index contributed by atoms with van der Waals surface area (Å²) in [5.74, 6) is -2.13. The van der Waals surface area contributed by atoms with Crippen molar-refractivity contribution < 1.29 is 24.6 Å². The monoisotopic (exact) mass is 364 g/mol. The molecule has 8 heteroatoms. The maximum absolute atomic E-state index is 12.8. The van der Waals surface area contributed by atoms with Crippen molar-refractivity contribution >= 4 is 29.5 Å². The zero-order valence-electron chi connectivity index (χ0n) is 14.1. The highest BCUT2D eigenvalue weighted by molar-refractivity contribution is 8.01. The second kappa shape index (κ2) is 6.03. The largest absolute Gasteiger partial charge is 0.480 e. The highest BCUT2D eigenvalue weighted by Gasteiger charge is 2.57. The molecule has 0 aromatic heterocycles. The summed E-state index contributed by atoms with van der Waals surface area (Å²) in [6.07, 6.45) is -1.25. The summed E-state index contributed by atoms with van der Waals surface area (Å²) in [5.41, 5.74) is 1.43. The van der Waals surface area contributed by atoms with Crippen LogP contribution < -0.4 is 5.32 Å². The molecule has 25 heavy (non-hydrogen) atoms. The number of benzene rings is 1. The number of aliphatic carboxylic acids is 1. The van der Waals surface area contributed by atoms with Crippen molar-refractivity contribution in [1.82, 2.24) is 10.2 Å². The lowest BCUT2D eigenvalue weighted by Gasteiger charge is -2.31. The lowest BCUT2D eigenvalue weighted by Crippen LogP contribution is -2.57. The Bertz CT molecular complexity index is 748. The number of aliphatic hydroxyl groups excluding tert-OH is 1. The van der Waals surface area contributed by atoms with E-state index < -0.39 is 34.8 Å². The molecule has 1 saturated heterocycles. The summed E-state index contributed by atoms with van der Waals surface area (Å²) >= 11 is 1.50. The standard InChI is InChI=1S/C17H20N2O5S/c1-8(20)11(16(23)24)18-13(21)12-17(2,3)25-15-10-7-5-4-6-9(10)14(22)19(12)15/h4-8,11-12,15,20H,1-3H3,(H,18,21)(H,23,24)/t8-,11-,12+,15-/m1/s1. The average molecular weight is 364 g/mol. The Morgan fingerprint density at radius 3 is 2.56 bits per heavy atom. The summed E-state index contributed by atoms with van der Waals surface area (Å²) in [7, 11) is 0. The maximum atomic E-state index is 12.8. The van der Waals surface area contributed by atoms with E-state index >= 15 is 0 Å². The summed E-state index contributed by atoms with van der Waals surface area (Å²) in [6, 6.07) is 4.98. The molecule has 0 spiro atoms. The quantitative estimate of drug-likeness (QED) is 0.735. The summed E-state index contributed by atoms with van der Waals surface area (Å²) in [6.45, 7) is 5.01. The van der Waals surface area contributed by atoms with E-state index in [2.05, 4.69) is 5.32 Å². The van der Waals surface area contributed by atoms with Crippen molar-refractivity contribution in [2.24, 2.45) is 0 Å². The fourth-order valence-electron chi connectivity index (χ4n) is 3.43. The van der Waals surface area contributed by atoms with Crippen molar-refractivity contribution in [2.75, 3.05) is 0 Å². The Hall–Kier alpha value is -2.06. The second-order valence-electron chi connectivity index (χ2n) is 6.84. The smallest absolute Gasteiger partial charge is 0.328 e. The minimum absolute atomic E-state index is 0.234. The molecule has 0 radical (unpaired) electrons. The van der Waals surface area contributed by atoms with Gasteiger partial charge in [0.25, 0.3) is 5.91 Å². The van der Waals surface area contributed by atoms with Crippen LogP contribution in [0.15, 0.2) is 24.3 Å². The molecular formula is C17H20N2O5S. The first-order chi connectivity index (χ1) is 11.6. The first kappa shape index (κ1) is 17.8. The molecule has 1 aromatic rings. The number of fused-ring (bicyclic) bond motifs is 3. The number of hydrogen-bond donors (Lipinski definition) is 3. The molecule has 4 atom stereocenters. The molecule has 0 saturated carbocycles. The molecule has 134 valence electrons. The molecule has 2 aliphatic heterocycles. The molecule has 0 bridgehead atoms. The Labute approximate surface area is 149 Å². The number of amides is 2. The Kier molecular flexibility index (Phi) is 4.28. The molecule has 0 aliphatic carbocycles. The summed E-state index contributed by atoms with van der Waals surface area (Å²) < 4.78 is -0.598. The van der Waals surface area contributed by atoms with E-state index in [0.717, 1.165) is 5.56 Å². The maximum Gasteiger partial charge on any atom is 0.328 e. The predicted molar refractivity (Wildman–Crippen MR) is 92.1 cm³/mol. The molecule has 0 unspecified atom stereocenters. The number of aliphatic hydroxyl groups is 1. The topological polar surface area (TPSA) is 107 Å². The van der Waals surface area contributed by atoms with Crippen LogP contribution in [0.3, 0.4) is 0 Å². The molecule has 2 aliphatic rings. The van der Waals surface area contributed by atoms with E-state index in [1.54, 1.807) is 12.1 Å². The molecule has 1 fully saturated rings. The van der Waals surface area contributed by atoms with Gasteiger partial charge in [-0.25, -0.2) is 4.79 Å². The number of rotatable bonds is 4. The van der Waals surface area contributed by atoms with Crippen LogP contribution in [0.2, 0.25) is 0 Å². The van der Waals surface area contributed by atoms with Gasteiger partial charge < -0.3 is 20.4 Å². The zero-order chi connectivity index (χ0) is 18.5. The number of carbonyl (C=O) groups excluding carboxylic acids is 2. The molecule has 2 heterocycles. The van der Waals surface area contributed by atoms with Crippen molar-refractivity contribution in [3.05, 3.63) is 35.4 Å². The van der Waals surface area contributed by atoms with Crippen molar-refractivity contribution in [3.8, 4) is 0 Å². The fourth-order valence-corrected chi connectivity index (χ4v) is 5.01. The molecule has 7 nitrogen and oxygen atoms in total. The molecule has 3 N–H and O–H groups in total. The minimum atomic E-state index is -1.42. The van der Waals surface area contributed by atoms with Gasteiger partial charge in [0.15, 0.2) is 6.04 Å². The summed E-state index contributed by atoms with van der Waals surface area (Å²) in [5, 5.41) is 20.9. The van der Waals surface area contributed by atoms with E-state index in [9.17, 15) is 24.6 Å². The third kappa shape index (κ3) is 2.79. The first-order valence-corrected chi connectivity index (χ1v) is 8.84.